The van der Waals surface area contributed by atoms with Crippen molar-refractivity contribution in [3.8, 4) is 11.4 Å². The quantitative estimate of drug-likeness (QED) is 0.767. The van der Waals surface area contributed by atoms with Gasteiger partial charge in [0.15, 0.2) is 5.82 Å². The molecule has 0 fully saturated rings. The molecular weight excluding hydrogens is 242 g/mol. The van der Waals surface area contributed by atoms with Crippen molar-refractivity contribution in [2.24, 2.45) is 0 Å². The molecule has 0 radical (unpaired) electrons. The molecule has 0 bridgehead atoms. The Bertz CT molecular complexity index is 565. The average molecular weight is 250 g/mol. The molecule has 0 atom stereocenters. The lowest BCUT2D eigenvalue weighted by atomic mass is 10.1. The zero-order valence-electron chi connectivity index (χ0n) is 9.35. The third-order valence-corrected chi connectivity index (χ3v) is 2.26. The first kappa shape index (κ1) is 12.1. The molecule has 2 aromatic rings. The van der Waals surface area contributed by atoms with Crippen LogP contribution in [0.2, 0.25) is 0 Å². The molecule has 2 rings (SSSR count). The van der Waals surface area contributed by atoms with E-state index in [0.29, 0.717) is 0 Å². The SMILES string of the molecule is COC(=O)c1c(F)cc(-c2ncccn2)cc1F. The van der Waals surface area contributed by atoms with E-state index in [0.717, 1.165) is 19.2 Å². The maximum Gasteiger partial charge on any atom is 0.343 e. The lowest BCUT2D eigenvalue weighted by Crippen LogP contribution is -2.08. The molecule has 0 aliphatic carbocycles. The van der Waals surface area contributed by atoms with E-state index in [4.69, 9.17) is 0 Å². The second kappa shape index (κ2) is 4.87. The number of esters is 1. The summed E-state index contributed by atoms with van der Waals surface area (Å²) in [4.78, 5) is 18.9. The molecule has 0 aliphatic heterocycles. The molecule has 0 saturated heterocycles. The number of carbonyl (C=O) groups excluding carboxylic acids is 1. The Labute approximate surface area is 101 Å². The maximum atomic E-state index is 13.6. The van der Waals surface area contributed by atoms with Gasteiger partial charge in [-0.05, 0) is 18.2 Å². The molecule has 6 heteroatoms. The van der Waals surface area contributed by atoms with Gasteiger partial charge in [0.1, 0.15) is 17.2 Å². The van der Waals surface area contributed by atoms with Crippen molar-refractivity contribution in [2.45, 2.75) is 0 Å². The van der Waals surface area contributed by atoms with Crippen LogP contribution in [0.3, 0.4) is 0 Å². The van der Waals surface area contributed by atoms with Crippen LogP contribution in [0.25, 0.3) is 11.4 Å². The Morgan fingerprint density at radius 2 is 1.72 bits per heavy atom. The minimum Gasteiger partial charge on any atom is -0.465 e. The summed E-state index contributed by atoms with van der Waals surface area (Å²) in [5.41, 5.74) is -0.574. The van der Waals surface area contributed by atoms with E-state index < -0.39 is 23.2 Å². The summed E-state index contributed by atoms with van der Waals surface area (Å²) in [5, 5.41) is 0. The van der Waals surface area contributed by atoms with Gasteiger partial charge in [0.05, 0.1) is 7.11 Å². The molecule has 1 aromatic heterocycles. The zero-order chi connectivity index (χ0) is 13.1. The van der Waals surface area contributed by atoms with Gasteiger partial charge < -0.3 is 4.74 Å². The first-order valence-electron chi connectivity index (χ1n) is 4.98. The molecule has 0 spiro atoms. The molecule has 0 N–H and O–H groups in total. The van der Waals surface area contributed by atoms with Crippen molar-refractivity contribution in [1.82, 2.24) is 9.97 Å². The minimum absolute atomic E-state index is 0.151. The third-order valence-electron chi connectivity index (χ3n) is 2.26. The number of hydrogen-bond acceptors (Lipinski definition) is 4. The predicted molar refractivity (Wildman–Crippen MR) is 58.7 cm³/mol. The highest BCUT2D eigenvalue weighted by atomic mass is 19.1. The summed E-state index contributed by atoms with van der Waals surface area (Å²) in [5.74, 6) is -2.91. The Morgan fingerprint density at radius 3 is 2.22 bits per heavy atom. The van der Waals surface area contributed by atoms with Crippen LogP contribution in [0.15, 0.2) is 30.6 Å². The molecule has 4 nitrogen and oxygen atoms in total. The zero-order valence-corrected chi connectivity index (χ0v) is 9.35. The fourth-order valence-corrected chi connectivity index (χ4v) is 1.45. The van der Waals surface area contributed by atoms with Crippen LogP contribution in [0, 0.1) is 11.6 Å². The molecular formula is C12H8F2N2O2. The number of hydrogen-bond donors (Lipinski definition) is 0. The fourth-order valence-electron chi connectivity index (χ4n) is 1.45. The van der Waals surface area contributed by atoms with E-state index in [1.165, 1.54) is 12.4 Å². The van der Waals surface area contributed by atoms with E-state index in [2.05, 4.69) is 14.7 Å². The van der Waals surface area contributed by atoms with Crippen molar-refractivity contribution >= 4 is 5.97 Å². The van der Waals surface area contributed by atoms with Crippen molar-refractivity contribution in [3.05, 3.63) is 47.8 Å². The van der Waals surface area contributed by atoms with Gasteiger partial charge in [-0.3, -0.25) is 0 Å². The number of ether oxygens (including phenoxy) is 1. The van der Waals surface area contributed by atoms with Gasteiger partial charge in [-0.15, -0.1) is 0 Å². The highest BCUT2D eigenvalue weighted by Crippen LogP contribution is 2.22. The average Bonchev–Trinajstić information content (AvgIpc) is 2.38. The van der Waals surface area contributed by atoms with Crippen molar-refractivity contribution < 1.29 is 18.3 Å². The fraction of sp³-hybridized carbons (Fsp3) is 0.0833. The van der Waals surface area contributed by atoms with Crippen LogP contribution in [-0.2, 0) is 4.74 Å². The normalized spacial score (nSPS) is 10.2. The highest BCUT2D eigenvalue weighted by Gasteiger charge is 2.20. The maximum absolute atomic E-state index is 13.6. The van der Waals surface area contributed by atoms with E-state index >= 15 is 0 Å². The molecule has 0 saturated carbocycles. The van der Waals surface area contributed by atoms with Crippen molar-refractivity contribution in [1.29, 1.82) is 0 Å². The van der Waals surface area contributed by atoms with E-state index in [9.17, 15) is 13.6 Å². The second-order valence-corrected chi connectivity index (χ2v) is 3.38. The van der Waals surface area contributed by atoms with Crippen LogP contribution in [0.1, 0.15) is 10.4 Å². The summed E-state index contributed by atoms with van der Waals surface area (Å²) in [6, 6.07) is 3.56. The molecule has 0 aliphatic rings. The summed E-state index contributed by atoms with van der Waals surface area (Å²) < 4.78 is 31.6. The number of rotatable bonds is 2. The standard InChI is InChI=1S/C12H8F2N2O2/c1-18-12(17)10-8(13)5-7(6-9(10)14)11-15-3-2-4-16-11/h2-6H,1H3. The monoisotopic (exact) mass is 250 g/mol. The highest BCUT2D eigenvalue weighted by molar-refractivity contribution is 5.90. The Balaban J connectivity index is 2.53. The van der Waals surface area contributed by atoms with Gasteiger partial charge in [0, 0.05) is 18.0 Å². The second-order valence-electron chi connectivity index (χ2n) is 3.38. The largest absolute Gasteiger partial charge is 0.465 e. The number of halogens is 2. The Morgan fingerprint density at radius 1 is 1.17 bits per heavy atom. The van der Waals surface area contributed by atoms with Gasteiger partial charge in [-0.2, -0.15) is 0 Å². The van der Waals surface area contributed by atoms with Gasteiger partial charge in [-0.25, -0.2) is 23.5 Å². The predicted octanol–water partition coefficient (Wildman–Crippen LogP) is 2.21. The van der Waals surface area contributed by atoms with E-state index in [1.54, 1.807) is 6.07 Å². The van der Waals surface area contributed by atoms with Crippen LogP contribution in [0.5, 0.6) is 0 Å². The van der Waals surface area contributed by atoms with Crippen LogP contribution < -0.4 is 0 Å². The number of nitrogens with zero attached hydrogens (tertiary/aromatic N) is 2. The van der Waals surface area contributed by atoms with E-state index in [-0.39, 0.29) is 11.4 Å². The molecule has 92 valence electrons. The lowest BCUT2D eigenvalue weighted by Gasteiger charge is -2.05. The van der Waals surface area contributed by atoms with Gasteiger partial charge in [0.25, 0.3) is 0 Å². The van der Waals surface area contributed by atoms with Crippen LogP contribution in [0.4, 0.5) is 8.78 Å². The summed E-state index contributed by atoms with van der Waals surface area (Å²) >= 11 is 0. The topological polar surface area (TPSA) is 52.1 Å². The lowest BCUT2D eigenvalue weighted by molar-refractivity contribution is 0.0590. The molecule has 18 heavy (non-hydrogen) atoms. The Kier molecular flexibility index (Phi) is 3.27. The van der Waals surface area contributed by atoms with Crippen LogP contribution >= 0.6 is 0 Å². The van der Waals surface area contributed by atoms with Gasteiger partial charge >= 0.3 is 5.97 Å². The van der Waals surface area contributed by atoms with Crippen LogP contribution in [-0.4, -0.2) is 23.0 Å². The van der Waals surface area contributed by atoms with Gasteiger partial charge in [0.2, 0.25) is 0 Å². The Hall–Kier alpha value is -2.37. The summed E-state index contributed by atoms with van der Waals surface area (Å²) in [6.45, 7) is 0. The molecule has 0 amide bonds. The molecule has 0 unspecified atom stereocenters. The third kappa shape index (κ3) is 2.17. The summed E-state index contributed by atoms with van der Waals surface area (Å²) in [6.07, 6.45) is 2.90. The van der Waals surface area contributed by atoms with Crippen molar-refractivity contribution in [3.63, 3.8) is 0 Å². The number of methoxy groups -OCH3 is 1. The molecule has 1 heterocycles. The van der Waals surface area contributed by atoms with E-state index in [1.807, 2.05) is 0 Å². The number of benzene rings is 1. The molecule has 1 aromatic carbocycles. The number of carbonyl (C=O) groups is 1. The summed E-state index contributed by atoms with van der Waals surface area (Å²) in [7, 11) is 1.05. The van der Waals surface area contributed by atoms with Gasteiger partial charge in [-0.1, -0.05) is 0 Å². The first-order chi connectivity index (χ1) is 8.63. The number of aromatic nitrogens is 2. The van der Waals surface area contributed by atoms with Crippen molar-refractivity contribution in [2.75, 3.05) is 7.11 Å². The first-order valence-corrected chi connectivity index (χ1v) is 4.98. The smallest absolute Gasteiger partial charge is 0.343 e. The minimum atomic E-state index is -1.06.